The summed E-state index contributed by atoms with van der Waals surface area (Å²) in [5, 5.41) is 0. The van der Waals surface area contributed by atoms with E-state index in [1.54, 1.807) is 11.8 Å². The van der Waals surface area contributed by atoms with E-state index in [1.807, 2.05) is 23.3 Å². The van der Waals surface area contributed by atoms with Crippen molar-refractivity contribution in [3.63, 3.8) is 0 Å². The van der Waals surface area contributed by atoms with Gasteiger partial charge in [0.25, 0.3) is 5.91 Å². The van der Waals surface area contributed by atoms with Gasteiger partial charge in [-0.3, -0.25) is 9.69 Å². The van der Waals surface area contributed by atoms with Crippen molar-refractivity contribution in [1.29, 1.82) is 0 Å². The van der Waals surface area contributed by atoms with Gasteiger partial charge in [-0.25, -0.2) is 0 Å². The normalized spacial score (nSPS) is 21.8. The number of ether oxygens (including phenoxy) is 1. The van der Waals surface area contributed by atoms with Crippen molar-refractivity contribution >= 4 is 17.7 Å². The van der Waals surface area contributed by atoms with Crippen LogP contribution >= 0.6 is 11.8 Å². The van der Waals surface area contributed by atoms with Crippen LogP contribution in [-0.4, -0.2) is 67.4 Å². The Hall–Kier alpha value is -0.980. The molecule has 0 radical (unpaired) electrons. The molecular weight excluding hydrogens is 324 g/mol. The Morgan fingerprint density at radius 2 is 1.96 bits per heavy atom. The first kappa shape index (κ1) is 17.8. The van der Waals surface area contributed by atoms with Crippen LogP contribution in [0.2, 0.25) is 0 Å². The SMILES string of the molecule is CSCc1ccc(C(=O)N2CCC([C@H](C)N3CCOCC3)CC2)o1. The van der Waals surface area contributed by atoms with Crippen molar-refractivity contribution in [2.45, 2.75) is 31.6 Å². The number of amides is 1. The van der Waals surface area contributed by atoms with Gasteiger partial charge in [0, 0.05) is 32.2 Å². The Labute approximate surface area is 148 Å². The predicted molar refractivity (Wildman–Crippen MR) is 96.4 cm³/mol. The predicted octanol–water partition coefficient (Wildman–Crippen LogP) is 2.72. The van der Waals surface area contributed by atoms with E-state index in [1.165, 1.54) is 0 Å². The molecular formula is C18H28N2O3S. The summed E-state index contributed by atoms with van der Waals surface area (Å²) < 4.78 is 11.1. The molecule has 134 valence electrons. The molecule has 2 aliphatic rings. The summed E-state index contributed by atoms with van der Waals surface area (Å²) in [6, 6.07) is 4.30. The van der Waals surface area contributed by atoms with E-state index in [0.717, 1.165) is 63.7 Å². The standard InChI is InChI=1S/C18H28N2O3S/c1-14(19-9-11-22-12-10-19)15-5-7-20(8-6-15)18(21)17-4-3-16(23-17)13-24-2/h3-4,14-15H,5-13H2,1-2H3/t14-/m0/s1. The maximum absolute atomic E-state index is 12.6. The Morgan fingerprint density at radius 3 is 2.62 bits per heavy atom. The molecule has 2 aliphatic heterocycles. The van der Waals surface area contributed by atoms with E-state index in [4.69, 9.17) is 9.15 Å². The summed E-state index contributed by atoms with van der Waals surface area (Å²) >= 11 is 1.70. The van der Waals surface area contributed by atoms with E-state index in [-0.39, 0.29) is 5.91 Å². The van der Waals surface area contributed by atoms with Gasteiger partial charge >= 0.3 is 0 Å². The molecule has 2 fully saturated rings. The molecule has 2 saturated heterocycles. The molecule has 5 nitrogen and oxygen atoms in total. The first-order valence-corrected chi connectivity index (χ1v) is 10.3. The fourth-order valence-corrected chi connectivity index (χ4v) is 4.18. The van der Waals surface area contributed by atoms with Crippen molar-refractivity contribution in [1.82, 2.24) is 9.80 Å². The molecule has 24 heavy (non-hydrogen) atoms. The highest BCUT2D eigenvalue weighted by Crippen LogP contribution is 2.26. The lowest BCUT2D eigenvalue weighted by molar-refractivity contribution is -0.00114. The van der Waals surface area contributed by atoms with Gasteiger partial charge in [0.15, 0.2) is 5.76 Å². The van der Waals surface area contributed by atoms with Gasteiger partial charge in [0.05, 0.1) is 19.0 Å². The van der Waals surface area contributed by atoms with E-state index in [9.17, 15) is 4.79 Å². The quantitative estimate of drug-likeness (QED) is 0.815. The number of nitrogens with zero attached hydrogens (tertiary/aromatic N) is 2. The fourth-order valence-electron chi connectivity index (χ4n) is 3.74. The molecule has 3 heterocycles. The van der Waals surface area contributed by atoms with Crippen LogP contribution in [0.25, 0.3) is 0 Å². The minimum Gasteiger partial charge on any atom is -0.455 e. The summed E-state index contributed by atoms with van der Waals surface area (Å²) in [7, 11) is 0. The smallest absolute Gasteiger partial charge is 0.289 e. The number of likely N-dealkylation sites (tertiary alicyclic amines) is 1. The number of piperidine rings is 1. The lowest BCUT2D eigenvalue weighted by Crippen LogP contribution is -2.49. The highest BCUT2D eigenvalue weighted by Gasteiger charge is 2.31. The van der Waals surface area contributed by atoms with Crippen LogP contribution in [0.5, 0.6) is 0 Å². The molecule has 6 heteroatoms. The number of furan rings is 1. The average Bonchev–Trinajstić information content (AvgIpc) is 3.10. The van der Waals surface area contributed by atoms with Crippen molar-refractivity contribution in [3.8, 4) is 0 Å². The highest BCUT2D eigenvalue weighted by atomic mass is 32.2. The molecule has 1 atom stereocenters. The van der Waals surface area contributed by atoms with Crippen molar-refractivity contribution in [3.05, 3.63) is 23.7 Å². The van der Waals surface area contributed by atoms with Crippen LogP contribution in [0, 0.1) is 5.92 Å². The van der Waals surface area contributed by atoms with E-state index in [2.05, 4.69) is 11.8 Å². The van der Waals surface area contributed by atoms with Gasteiger partial charge in [-0.15, -0.1) is 0 Å². The topological polar surface area (TPSA) is 45.9 Å². The Kier molecular flexibility index (Phi) is 6.25. The lowest BCUT2D eigenvalue weighted by atomic mass is 9.89. The number of rotatable bonds is 5. The third-order valence-electron chi connectivity index (χ3n) is 5.29. The average molecular weight is 353 g/mol. The molecule has 3 rings (SSSR count). The van der Waals surface area contributed by atoms with Crippen LogP contribution in [0.3, 0.4) is 0 Å². The maximum Gasteiger partial charge on any atom is 0.289 e. The third kappa shape index (κ3) is 4.16. The minimum atomic E-state index is 0.0415. The van der Waals surface area contributed by atoms with Gasteiger partial charge in [-0.1, -0.05) is 0 Å². The first-order valence-electron chi connectivity index (χ1n) is 8.87. The monoisotopic (exact) mass is 352 g/mol. The van der Waals surface area contributed by atoms with Gasteiger partial charge in [-0.05, 0) is 44.1 Å². The van der Waals surface area contributed by atoms with Crippen LogP contribution in [0.4, 0.5) is 0 Å². The molecule has 0 bridgehead atoms. The second-order valence-electron chi connectivity index (χ2n) is 6.72. The molecule has 1 aromatic heterocycles. The molecule has 0 aromatic carbocycles. The highest BCUT2D eigenvalue weighted by molar-refractivity contribution is 7.97. The molecule has 0 aliphatic carbocycles. The summed E-state index contributed by atoms with van der Waals surface area (Å²) in [5.74, 6) is 2.88. The second kappa shape index (κ2) is 8.41. The second-order valence-corrected chi connectivity index (χ2v) is 7.58. The zero-order valence-corrected chi connectivity index (χ0v) is 15.5. The Balaban J connectivity index is 1.51. The fraction of sp³-hybridized carbons (Fsp3) is 0.722. The van der Waals surface area contributed by atoms with Crippen LogP contribution < -0.4 is 0 Å². The number of carbonyl (C=O) groups is 1. The minimum absolute atomic E-state index is 0.0415. The first-order chi connectivity index (χ1) is 11.7. The van der Waals surface area contributed by atoms with Crippen LogP contribution in [0.1, 0.15) is 36.1 Å². The van der Waals surface area contributed by atoms with E-state index >= 15 is 0 Å². The lowest BCUT2D eigenvalue weighted by Gasteiger charge is -2.40. The van der Waals surface area contributed by atoms with Crippen LogP contribution in [0.15, 0.2) is 16.5 Å². The van der Waals surface area contributed by atoms with Gasteiger partial charge < -0.3 is 14.1 Å². The number of thioether (sulfide) groups is 1. The van der Waals surface area contributed by atoms with E-state index in [0.29, 0.717) is 17.7 Å². The van der Waals surface area contributed by atoms with Crippen LogP contribution in [-0.2, 0) is 10.5 Å². The summed E-state index contributed by atoms with van der Waals surface area (Å²) in [4.78, 5) is 17.1. The zero-order chi connectivity index (χ0) is 16.9. The molecule has 0 spiro atoms. The number of hydrogen-bond acceptors (Lipinski definition) is 5. The number of carbonyl (C=O) groups excluding carboxylic acids is 1. The van der Waals surface area contributed by atoms with Gasteiger partial charge in [0.2, 0.25) is 0 Å². The van der Waals surface area contributed by atoms with Gasteiger partial charge in [0.1, 0.15) is 5.76 Å². The maximum atomic E-state index is 12.6. The molecule has 1 aromatic rings. The summed E-state index contributed by atoms with van der Waals surface area (Å²) in [5.41, 5.74) is 0. The van der Waals surface area contributed by atoms with Gasteiger partial charge in [-0.2, -0.15) is 11.8 Å². The molecule has 0 unspecified atom stereocenters. The zero-order valence-electron chi connectivity index (χ0n) is 14.7. The van der Waals surface area contributed by atoms with Crippen molar-refractivity contribution < 1.29 is 13.9 Å². The number of hydrogen-bond donors (Lipinski definition) is 0. The van der Waals surface area contributed by atoms with E-state index < -0.39 is 0 Å². The summed E-state index contributed by atoms with van der Waals surface area (Å²) in [6.45, 7) is 7.75. The third-order valence-corrected chi connectivity index (χ3v) is 5.86. The molecule has 0 N–H and O–H groups in total. The Morgan fingerprint density at radius 1 is 1.25 bits per heavy atom. The Bertz CT molecular complexity index is 534. The number of morpholine rings is 1. The summed E-state index contributed by atoms with van der Waals surface area (Å²) in [6.07, 6.45) is 4.18. The molecule has 0 saturated carbocycles. The van der Waals surface area contributed by atoms with Crippen molar-refractivity contribution in [2.75, 3.05) is 45.6 Å². The van der Waals surface area contributed by atoms with Crippen molar-refractivity contribution in [2.24, 2.45) is 5.92 Å². The largest absolute Gasteiger partial charge is 0.455 e. The molecule has 1 amide bonds.